The van der Waals surface area contributed by atoms with Gasteiger partial charge in [0, 0.05) is 0 Å². The zero-order valence-electron chi connectivity index (χ0n) is 6.05. The molecule has 3 N–H and O–H groups in total. The Labute approximate surface area is 59.3 Å². The van der Waals surface area contributed by atoms with Crippen LogP contribution in [0.2, 0.25) is 0 Å². The molecule has 0 rings (SSSR count). The predicted octanol–water partition coefficient (Wildman–Crippen LogP) is -0.616. The van der Waals surface area contributed by atoms with Crippen molar-refractivity contribution < 1.29 is 14.6 Å². The maximum Gasteiger partial charge on any atom is 0.247 e. The van der Waals surface area contributed by atoms with Crippen LogP contribution in [0.5, 0.6) is 0 Å². The fourth-order valence-electron chi connectivity index (χ4n) is 0.474. The van der Waals surface area contributed by atoms with E-state index < -0.39 is 5.91 Å². The van der Waals surface area contributed by atoms with Crippen LogP contribution in [-0.4, -0.2) is 24.7 Å². The van der Waals surface area contributed by atoms with Crippen molar-refractivity contribution in [1.82, 2.24) is 0 Å². The number of hydrogen-bond acceptors (Lipinski definition) is 3. The van der Waals surface area contributed by atoms with Crippen molar-refractivity contribution in [2.24, 2.45) is 5.73 Å². The summed E-state index contributed by atoms with van der Waals surface area (Å²) in [6.07, 6.45) is 0. The average molecular weight is 145 g/mol. The lowest BCUT2D eigenvalue weighted by atomic mass is 10.2. The molecule has 0 fully saturated rings. The molecule has 10 heavy (non-hydrogen) atoms. The van der Waals surface area contributed by atoms with E-state index in [0.717, 1.165) is 0 Å². The maximum absolute atomic E-state index is 10.4. The van der Waals surface area contributed by atoms with E-state index in [4.69, 9.17) is 10.8 Å². The second-order valence-electron chi connectivity index (χ2n) is 1.77. The molecule has 4 nitrogen and oxygen atoms in total. The van der Waals surface area contributed by atoms with Gasteiger partial charge in [-0.2, -0.15) is 0 Å². The normalized spacial score (nSPS) is 12.3. The first-order valence-electron chi connectivity index (χ1n) is 2.77. The van der Waals surface area contributed by atoms with E-state index in [9.17, 15) is 4.79 Å². The number of rotatable bonds is 3. The Bertz CT molecular complexity index is 156. The Morgan fingerprint density at radius 1 is 1.70 bits per heavy atom. The first kappa shape index (κ1) is 8.97. The van der Waals surface area contributed by atoms with Crippen LogP contribution in [0.3, 0.4) is 0 Å². The third-order valence-electron chi connectivity index (χ3n) is 1.18. The zero-order valence-corrected chi connectivity index (χ0v) is 6.05. The van der Waals surface area contributed by atoms with Gasteiger partial charge in [-0.05, 0) is 6.92 Å². The molecule has 0 unspecified atom stereocenters. The van der Waals surface area contributed by atoms with Gasteiger partial charge in [0.1, 0.15) is 12.4 Å². The lowest BCUT2D eigenvalue weighted by Gasteiger charge is -2.03. The molecule has 0 aromatic rings. The van der Waals surface area contributed by atoms with Gasteiger partial charge in [-0.3, -0.25) is 4.79 Å². The molecule has 0 aromatic carbocycles. The summed E-state index contributed by atoms with van der Waals surface area (Å²) in [5, 5.41) is 8.55. The van der Waals surface area contributed by atoms with Crippen molar-refractivity contribution >= 4 is 5.91 Å². The first-order valence-corrected chi connectivity index (χ1v) is 2.77. The molecule has 0 aliphatic heterocycles. The van der Waals surface area contributed by atoms with Crippen LogP contribution in [0, 0.1) is 0 Å². The number of amides is 1. The number of aliphatic hydroxyl groups is 1. The molecule has 0 atom stereocenters. The molecule has 0 bridgehead atoms. The van der Waals surface area contributed by atoms with E-state index in [1.807, 2.05) is 0 Å². The van der Waals surface area contributed by atoms with E-state index in [-0.39, 0.29) is 17.9 Å². The Hall–Kier alpha value is -1.03. The SMILES string of the molecule is COC(CO)=C(C)C(N)=O. The number of carbonyl (C=O) groups is 1. The molecular weight excluding hydrogens is 134 g/mol. The topological polar surface area (TPSA) is 72.6 Å². The van der Waals surface area contributed by atoms with Crippen molar-refractivity contribution in [3.8, 4) is 0 Å². The summed E-state index contributed by atoms with van der Waals surface area (Å²) in [7, 11) is 1.37. The fraction of sp³-hybridized carbons (Fsp3) is 0.500. The van der Waals surface area contributed by atoms with Crippen molar-refractivity contribution in [3.05, 3.63) is 11.3 Å². The third kappa shape index (κ3) is 2.06. The zero-order chi connectivity index (χ0) is 8.15. The number of primary amides is 1. The lowest BCUT2D eigenvalue weighted by Crippen LogP contribution is -2.15. The number of nitrogens with two attached hydrogens (primary N) is 1. The summed E-state index contributed by atoms with van der Waals surface area (Å²) >= 11 is 0. The first-order chi connectivity index (χ1) is 4.63. The molecule has 0 aliphatic rings. The van der Waals surface area contributed by atoms with Crippen molar-refractivity contribution in [2.75, 3.05) is 13.7 Å². The lowest BCUT2D eigenvalue weighted by molar-refractivity contribution is -0.114. The molecule has 0 heterocycles. The largest absolute Gasteiger partial charge is 0.498 e. The Kier molecular flexibility index (Phi) is 3.49. The predicted molar refractivity (Wildman–Crippen MR) is 36.0 cm³/mol. The number of hydrogen-bond donors (Lipinski definition) is 2. The standard InChI is InChI=1S/C6H11NO3/c1-4(6(7)9)5(3-8)10-2/h8H,3H2,1-2H3,(H2,7,9). The summed E-state index contributed by atoms with van der Waals surface area (Å²) < 4.78 is 4.65. The van der Waals surface area contributed by atoms with Gasteiger partial charge in [-0.1, -0.05) is 0 Å². The summed E-state index contributed by atoms with van der Waals surface area (Å²) in [5.74, 6) is -0.363. The van der Waals surface area contributed by atoms with Crippen molar-refractivity contribution in [2.45, 2.75) is 6.92 Å². The highest BCUT2D eigenvalue weighted by Gasteiger charge is 2.05. The second kappa shape index (κ2) is 3.90. The number of carbonyl (C=O) groups excluding carboxylic acids is 1. The van der Waals surface area contributed by atoms with Crippen LogP contribution in [0.15, 0.2) is 11.3 Å². The number of ether oxygens (including phenoxy) is 1. The second-order valence-corrected chi connectivity index (χ2v) is 1.77. The van der Waals surface area contributed by atoms with Gasteiger partial charge in [-0.15, -0.1) is 0 Å². The molecular formula is C6H11NO3. The molecule has 1 amide bonds. The Morgan fingerprint density at radius 3 is 2.30 bits per heavy atom. The fourth-order valence-corrected chi connectivity index (χ4v) is 0.474. The highest BCUT2D eigenvalue weighted by atomic mass is 16.5. The monoisotopic (exact) mass is 145 g/mol. The van der Waals surface area contributed by atoms with Gasteiger partial charge >= 0.3 is 0 Å². The molecule has 0 aromatic heterocycles. The highest BCUT2D eigenvalue weighted by Crippen LogP contribution is 2.01. The Balaban J connectivity index is 4.43. The molecule has 0 radical (unpaired) electrons. The highest BCUT2D eigenvalue weighted by molar-refractivity contribution is 5.91. The van der Waals surface area contributed by atoms with Gasteiger partial charge in [0.15, 0.2) is 0 Å². The van der Waals surface area contributed by atoms with Crippen LogP contribution in [0.25, 0.3) is 0 Å². The van der Waals surface area contributed by atoms with E-state index in [2.05, 4.69) is 4.74 Å². The third-order valence-corrected chi connectivity index (χ3v) is 1.18. The van der Waals surface area contributed by atoms with Crippen LogP contribution < -0.4 is 5.73 Å². The van der Waals surface area contributed by atoms with E-state index in [0.29, 0.717) is 0 Å². The average Bonchev–Trinajstić information content (AvgIpc) is 1.90. The van der Waals surface area contributed by atoms with Crippen molar-refractivity contribution in [1.29, 1.82) is 0 Å². The van der Waals surface area contributed by atoms with Crippen LogP contribution in [-0.2, 0) is 9.53 Å². The van der Waals surface area contributed by atoms with E-state index in [1.54, 1.807) is 0 Å². The van der Waals surface area contributed by atoms with Crippen LogP contribution >= 0.6 is 0 Å². The molecule has 58 valence electrons. The molecule has 4 heteroatoms. The maximum atomic E-state index is 10.4. The van der Waals surface area contributed by atoms with Gasteiger partial charge in [0.2, 0.25) is 5.91 Å². The van der Waals surface area contributed by atoms with E-state index >= 15 is 0 Å². The number of methoxy groups -OCH3 is 1. The van der Waals surface area contributed by atoms with Gasteiger partial charge in [0.05, 0.1) is 12.7 Å². The summed E-state index contributed by atoms with van der Waals surface area (Å²) in [4.78, 5) is 10.4. The van der Waals surface area contributed by atoms with Crippen LogP contribution in [0.1, 0.15) is 6.92 Å². The molecule has 0 spiro atoms. The minimum absolute atomic E-state index is 0.215. The minimum atomic E-state index is -0.578. The van der Waals surface area contributed by atoms with Gasteiger partial charge in [0.25, 0.3) is 0 Å². The van der Waals surface area contributed by atoms with Gasteiger partial charge < -0.3 is 15.6 Å². The number of aliphatic hydroxyl groups excluding tert-OH is 1. The minimum Gasteiger partial charge on any atom is -0.498 e. The van der Waals surface area contributed by atoms with E-state index in [1.165, 1.54) is 14.0 Å². The molecule has 0 aliphatic carbocycles. The quantitative estimate of drug-likeness (QED) is 0.411. The molecule has 0 saturated carbocycles. The van der Waals surface area contributed by atoms with Crippen LogP contribution in [0.4, 0.5) is 0 Å². The van der Waals surface area contributed by atoms with Crippen molar-refractivity contribution in [3.63, 3.8) is 0 Å². The molecule has 0 saturated heterocycles. The smallest absolute Gasteiger partial charge is 0.247 e. The summed E-state index contributed by atoms with van der Waals surface area (Å²) in [6.45, 7) is 1.20. The Morgan fingerprint density at radius 2 is 2.20 bits per heavy atom. The summed E-state index contributed by atoms with van der Waals surface area (Å²) in [5.41, 5.74) is 5.15. The summed E-state index contributed by atoms with van der Waals surface area (Å²) in [6, 6.07) is 0. The van der Waals surface area contributed by atoms with Gasteiger partial charge in [-0.25, -0.2) is 0 Å².